The third-order valence-electron chi connectivity index (χ3n) is 3.18. The molecule has 0 saturated heterocycles. The van der Waals surface area contributed by atoms with Crippen LogP contribution < -0.4 is 10.6 Å². The van der Waals surface area contributed by atoms with E-state index in [1.165, 1.54) is 0 Å². The second kappa shape index (κ2) is 7.10. The van der Waals surface area contributed by atoms with Crippen molar-refractivity contribution in [1.82, 2.24) is 15.4 Å². The molecular formula is C16H14ClN5O2. The summed E-state index contributed by atoms with van der Waals surface area (Å²) >= 11 is 6.09. The SMILES string of the molecule is Cc1cc(NC(=O)c2ccc(NCc3ccccc3Cl)nn2)no1. The molecule has 0 fully saturated rings. The van der Waals surface area contributed by atoms with Gasteiger partial charge in [0.1, 0.15) is 11.6 Å². The van der Waals surface area contributed by atoms with Gasteiger partial charge in [0, 0.05) is 17.6 Å². The number of halogens is 1. The molecular weight excluding hydrogens is 330 g/mol. The molecule has 0 aliphatic heterocycles. The maximum absolute atomic E-state index is 12.0. The number of hydrogen-bond donors (Lipinski definition) is 2. The summed E-state index contributed by atoms with van der Waals surface area (Å²) in [5, 5.41) is 17.9. The van der Waals surface area contributed by atoms with Gasteiger partial charge in [-0.1, -0.05) is 35.0 Å². The molecule has 0 aliphatic carbocycles. The first-order valence-corrected chi connectivity index (χ1v) is 7.55. The van der Waals surface area contributed by atoms with Crippen LogP contribution in [0.1, 0.15) is 21.8 Å². The molecule has 0 spiro atoms. The predicted molar refractivity (Wildman–Crippen MR) is 90.0 cm³/mol. The molecule has 1 amide bonds. The lowest BCUT2D eigenvalue weighted by Crippen LogP contribution is -2.15. The lowest BCUT2D eigenvalue weighted by atomic mass is 10.2. The van der Waals surface area contributed by atoms with E-state index in [2.05, 4.69) is 26.0 Å². The molecule has 0 bridgehead atoms. The first kappa shape index (κ1) is 15.9. The second-order valence-electron chi connectivity index (χ2n) is 5.03. The number of benzene rings is 1. The van der Waals surface area contributed by atoms with E-state index in [0.29, 0.717) is 29.0 Å². The van der Waals surface area contributed by atoms with Gasteiger partial charge in [-0.2, -0.15) is 0 Å². The molecule has 0 unspecified atom stereocenters. The number of nitrogens with zero attached hydrogens (tertiary/aromatic N) is 3. The van der Waals surface area contributed by atoms with Crippen molar-refractivity contribution in [2.45, 2.75) is 13.5 Å². The van der Waals surface area contributed by atoms with Crippen molar-refractivity contribution >= 4 is 29.1 Å². The number of rotatable bonds is 5. The van der Waals surface area contributed by atoms with E-state index >= 15 is 0 Å². The molecule has 1 aromatic carbocycles. The van der Waals surface area contributed by atoms with Crippen molar-refractivity contribution < 1.29 is 9.32 Å². The monoisotopic (exact) mass is 343 g/mol. The van der Waals surface area contributed by atoms with Gasteiger partial charge in [0.25, 0.3) is 5.91 Å². The predicted octanol–water partition coefficient (Wildman–Crippen LogP) is 3.29. The summed E-state index contributed by atoms with van der Waals surface area (Å²) in [5.41, 5.74) is 1.13. The first-order valence-electron chi connectivity index (χ1n) is 7.17. The van der Waals surface area contributed by atoms with E-state index < -0.39 is 5.91 Å². The lowest BCUT2D eigenvalue weighted by molar-refractivity contribution is 0.102. The van der Waals surface area contributed by atoms with Crippen molar-refractivity contribution in [3.05, 3.63) is 64.5 Å². The summed E-state index contributed by atoms with van der Waals surface area (Å²) in [6, 6.07) is 12.4. The highest BCUT2D eigenvalue weighted by molar-refractivity contribution is 6.31. The van der Waals surface area contributed by atoms with Crippen molar-refractivity contribution in [3.63, 3.8) is 0 Å². The summed E-state index contributed by atoms with van der Waals surface area (Å²) in [6.45, 7) is 2.25. The number of carbonyl (C=O) groups excluding carboxylic acids is 1. The zero-order valence-corrected chi connectivity index (χ0v) is 13.5. The Morgan fingerprint density at radius 3 is 2.67 bits per heavy atom. The van der Waals surface area contributed by atoms with Crippen molar-refractivity contribution in [1.29, 1.82) is 0 Å². The summed E-state index contributed by atoms with van der Waals surface area (Å²) in [5.74, 6) is 1.08. The summed E-state index contributed by atoms with van der Waals surface area (Å²) in [6.07, 6.45) is 0. The molecule has 0 radical (unpaired) electrons. The maximum Gasteiger partial charge on any atom is 0.277 e. The standard InChI is InChI=1S/C16H14ClN5O2/c1-10-8-15(22-24-10)19-16(23)13-6-7-14(21-20-13)18-9-11-4-2-3-5-12(11)17/h2-8H,9H2,1H3,(H,18,21)(H,19,22,23). The minimum atomic E-state index is -0.409. The van der Waals surface area contributed by atoms with Gasteiger partial charge in [0.05, 0.1) is 0 Å². The molecule has 8 heteroatoms. The normalized spacial score (nSPS) is 10.4. The highest BCUT2D eigenvalue weighted by atomic mass is 35.5. The molecule has 3 aromatic rings. The largest absolute Gasteiger partial charge is 0.364 e. The van der Waals surface area contributed by atoms with E-state index in [0.717, 1.165) is 5.56 Å². The van der Waals surface area contributed by atoms with Crippen LogP contribution >= 0.6 is 11.6 Å². The van der Waals surface area contributed by atoms with Crippen LogP contribution in [0.2, 0.25) is 5.02 Å². The molecule has 2 N–H and O–H groups in total. The van der Waals surface area contributed by atoms with Crippen LogP contribution in [0.25, 0.3) is 0 Å². The summed E-state index contributed by atoms with van der Waals surface area (Å²) in [7, 11) is 0. The Morgan fingerprint density at radius 1 is 1.17 bits per heavy atom. The Morgan fingerprint density at radius 2 is 2.00 bits per heavy atom. The van der Waals surface area contributed by atoms with Crippen LogP contribution in [0.15, 0.2) is 47.0 Å². The van der Waals surface area contributed by atoms with E-state index in [1.807, 2.05) is 24.3 Å². The van der Waals surface area contributed by atoms with E-state index in [1.54, 1.807) is 25.1 Å². The van der Waals surface area contributed by atoms with Gasteiger partial charge in [-0.3, -0.25) is 4.79 Å². The van der Waals surface area contributed by atoms with Crippen LogP contribution in [-0.4, -0.2) is 21.3 Å². The average molecular weight is 344 g/mol. The van der Waals surface area contributed by atoms with Gasteiger partial charge in [-0.25, -0.2) is 0 Å². The average Bonchev–Trinajstić information content (AvgIpc) is 2.99. The van der Waals surface area contributed by atoms with E-state index in [9.17, 15) is 4.79 Å². The van der Waals surface area contributed by atoms with Gasteiger partial charge in [0.2, 0.25) is 0 Å². The summed E-state index contributed by atoms with van der Waals surface area (Å²) < 4.78 is 4.88. The van der Waals surface area contributed by atoms with Gasteiger partial charge >= 0.3 is 0 Å². The van der Waals surface area contributed by atoms with Crippen LogP contribution in [0.5, 0.6) is 0 Å². The number of aromatic nitrogens is 3. The number of aryl methyl sites for hydroxylation is 1. The highest BCUT2D eigenvalue weighted by Crippen LogP contribution is 2.16. The fraction of sp³-hybridized carbons (Fsp3) is 0.125. The minimum absolute atomic E-state index is 0.180. The quantitative estimate of drug-likeness (QED) is 0.738. The second-order valence-corrected chi connectivity index (χ2v) is 5.43. The number of hydrogen-bond acceptors (Lipinski definition) is 6. The zero-order chi connectivity index (χ0) is 16.9. The van der Waals surface area contributed by atoms with Crippen LogP contribution in [0.4, 0.5) is 11.6 Å². The van der Waals surface area contributed by atoms with E-state index in [4.69, 9.17) is 16.1 Å². The van der Waals surface area contributed by atoms with Crippen LogP contribution in [-0.2, 0) is 6.54 Å². The third-order valence-corrected chi connectivity index (χ3v) is 3.55. The lowest BCUT2D eigenvalue weighted by Gasteiger charge is -2.07. The molecule has 0 saturated carbocycles. The zero-order valence-electron chi connectivity index (χ0n) is 12.8. The number of carbonyl (C=O) groups is 1. The third kappa shape index (κ3) is 3.88. The molecule has 0 atom stereocenters. The molecule has 3 rings (SSSR count). The van der Waals surface area contributed by atoms with Crippen molar-refractivity contribution in [2.75, 3.05) is 10.6 Å². The summed E-state index contributed by atoms with van der Waals surface area (Å²) in [4.78, 5) is 12.0. The molecule has 0 aliphatic rings. The Bertz CT molecular complexity index is 848. The molecule has 2 heterocycles. The van der Waals surface area contributed by atoms with Gasteiger partial charge < -0.3 is 15.2 Å². The first-order chi connectivity index (χ1) is 11.6. The van der Waals surface area contributed by atoms with Crippen LogP contribution in [0.3, 0.4) is 0 Å². The Balaban J connectivity index is 1.60. The topological polar surface area (TPSA) is 92.9 Å². The smallest absolute Gasteiger partial charge is 0.277 e. The maximum atomic E-state index is 12.0. The van der Waals surface area contributed by atoms with Gasteiger partial charge in [-0.05, 0) is 30.7 Å². The Hall–Kier alpha value is -2.93. The van der Waals surface area contributed by atoms with E-state index in [-0.39, 0.29) is 5.69 Å². The Kier molecular flexibility index (Phi) is 4.72. The van der Waals surface area contributed by atoms with Crippen molar-refractivity contribution in [3.8, 4) is 0 Å². The highest BCUT2D eigenvalue weighted by Gasteiger charge is 2.11. The fourth-order valence-electron chi connectivity index (χ4n) is 1.98. The molecule has 7 nitrogen and oxygen atoms in total. The van der Waals surface area contributed by atoms with Gasteiger partial charge in [-0.15, -0.1) is 10.2 Å². The van der Waals surface area contributed by atoms with Crippen molar-refractivity contribution in [2.24, 2.45) is 0 Å². The number of anilines is 2. The molecule has 2 aromatic heterocycles. The Labute approximate surface area is 143 Å². The van der Waals surface area contributed by atoms with Crippen LogP contribution in [0, 0.1) is 6.92 Å². The number of amides is 1. The van der Waals surface area contributed by atoms with Gasteiger partial charge in [0.15, 0.2) is 11.5 Å². The fourth-order valence-corrected chi connectivity index (χ4v) is 2.18. The number of nitrogens with one attached hydrogen (secondary N) is 2. The molecule has 122 valence electrons. The molecule has 24 heavy (non-hydrogen) atoms. The minimum Gasteiger partial charge on any atom is -0.364 e.